The molecule has 2 aromatic carbocycles. The standard InChI is InChI=1S/C23H19NO3S/c1-14-7-5-9-16(13-14)20-19(21(25)18-11-6-12-28-18)22(26)23(27)24(20)17-10-4-3-8-15(17)2/h3-13,20,26H,1-2H3. The average Bonchev–Trinajstić information content (AvgIpc) is 3.30. The van der Waals surface area contributed by atoms with E-state index in [1.54, 1.807) is 12.1 Å². The molecule has 0 fully saturated rings. The summed E-state index contributed by atoms with van der Waals surface area (Å²) in [6, 6.07) is 18.0. The molecule has 5 heteroatoms. The van der Waals surface area contributed by atoms with Crippen LogP contribution in [0.15, 0.2) is 77.4 Å². The molecular formula is C23H19NO3S. The second kappa shape index (κ2) is 7.09. The number of carbonyl (C=O) groups excluding carboxylic acids is 2. The van der Waals surface area contributed by atoms with Crippen molar-refractivity contribution in [1.82, 2.24) is 0 Å². The number of carbonyl (C=O) groups is 2. The molecule has 1 aliphatic rings. The number of para-hydroxylation sites is 1. The Hall–Kier alpha value is -3.18. The number of ketones is 1. The largest absolute Gasteiger partial charge is 0.503 e. The van der Waals surface area contributed by atoms with Crippen molar-refractivity contribution < 1.29 is 14.7 Å². The molecule has 0 spiro atoms. The van der Waals surface area contributed by atoms with Crippen molar-refractivity contribution >= 4 is 28.7 Å². The van der Waals surface area contributed by atoms with Gasteiger partial charge in [-0.25, -0.2) is 0 Å². The van der Waals surface area contributed by atoms with Crippen LogP contribution >= 0.6 is 11.3 Å². The minimum absolute atomic E-state index is 0.126. The van der Waals surface area contributed by atoms with Crippen molar-refractivity contribution in [3.63, 3.8) is 0 Å². The summed E-state index contributed by atoms with van der Waals surface area (Å²) in [4.78, 5) is 28.3. The van der Waals surface area contributed by atoms with E-state index in [2.05, 4.69) is 0 Å². The highest BCUT2D eigenvalue weighted by atomic mass is 32.1. The van der Waals surface area contributed by atoms with Crippen LogP contribution in [-0.4, -0.2) is 16.8 Å². The predicted molar refractivity (Wildman–Crippen MR) is 111 cm³/mol. The molecule has 0 saturated heterocycles. The summed E-state index contributed by atoms with van der Waals surface area (Å²) < 4.78 is 0. The fourth-order valence-corrected chi connectivity index (χ4v) is 4.29. The first kappa shape index (κ1) is 18.2. The lowest BCUT2D eigenvalue weighted by atomic mass is 9.94. The molecule has 0 aliphatic carbocycles. The van der Waals surface area contributed by atoms with Crippen molar-refractivity contribution in [3.05, 3.63) is 98.9 Å². The number of thiophene rings is 1. The van der Waals surface area contributed by atoms with E-state index in [9.17, 15) is 14.7 Å². The summed E-state index contributed by atoms with van der Waals surface area (Å²) in [5.74, 6) is -1.35. The first-order valence-corrected chi connectivity index (χ1v) is 9.84. The number of benzene rings is 2. The highest BCUT2D eigenvalue weighted by Gasteiger charge is 2.45. The number of anilines is 1. The van der Waals surface area contributed by atoms with E-state index in [4.69, 9.17) is 0 Å². The molecule has 0 radical (unpaired) electrons. The Labute approximate surface area is 167 Å². The Morgan fingerprint density at radius 1 is 1.04 bits per heavy atom. The molecular weight excluding hydrogens is 370 g/mol. The van der Waals surface area contributed by atoms with Crippen molar-refractivity contribution in [2.24, 2.45) is 0 Å². The van der Waals surface area contributed by atoms with Crippen LogP contribution in [0.1, 0.15) is 32.4 Å². The zero-order valence-corrected chi connectivity index (χ0v) is 16.4. The SMILES string of the molecule is Cc1cccc(C2C(C(=O)c3cccs3)=C(O)C(=O)N2c2ccccc2C)c1. The van der Waals surface area contributed by atoms with Crippen LogP contribution < -0.4 is 4.90 Å². The van der Waals surface area contributed by atoms with Crippen LogP contribution in [0.25, 0.3) is 0 Å². The van der Waals surface area contributed by atoms with Gasteiger partial charge in [0.25, 0.3) is 5.91 Å². The van der Waals surface area contributed by atoms with Gasteiger partial charge in [-0.2, -0.15) is 0 Å². The highest BCUT2D eigenvalue weighted by molar-refractivity contribution is 7.12. The number of nitrogens with zero attached hydrogens (tertiary/aromatic N) is 1. The number of hydrogen-bond donors (Lipinski definition) is 1. The fraction of sp³-hybridized carbons (Fsp3) is 0.130. The van der Waals surface area contributed by atoms with E-state index in [0.717, 1.165) is 16.7 Å². The Morgan fingerprint density at radius 2 is 1.82 bits per heavy atom. The lowest BCUT2D eigenvalue weighted by Crippen LogP contribution is -2.31. The summed E-state index contributed by atoms with van der Waals surface area (Å²) in [6.45, 7) is 3.87. The third-order valence-electron chi connectivity index (χ3n) is 4.93. The number of rotatable bonds is 4. The topological polar surface area (TPSA) is 57.6 Å². The van der Waals surface area contributed by atoms with Crippen LogP contribution in [0.3, 0.4) is 0 Å². The zero-order chi connectivity index (χ0) is 19.8. The van der Waals surface area contributed by atoms with E-state index in [1.165, 1.54) is 16.2 Å². The Balaban J connectivity index is 1.92. The van der Waals surface area contributed by atoms with E-state index in [1.807, 2.05) is 67.8 Å². The molecule has 0 saturated carbocycles. The van der Waals surface area contributed by atoms with E-state index >= 15 is 0 Å². The third kappa shape index (κ3) is 2.94. The zero-order valence-electron chi connectivity index (χ0n) is 15.5. The molecule has 28 heavy (non-hydrogen) atoms. The molecule has 1 amide bonds. The summed E-state index contributed by atoms with van der Waals surface area (Å²) in [6.07, 6.45) is 0. The van der Waals surface area contributed by atoms with Crippen LogP contribution in [0, 0.1) is 13.8 Å². The van der Waals surface area contributed by atoms with Crippen LogP contribution in [0.4, 0.5) is 5.69 Å². The molecule has 3 aromatic rings. The molecule has 1 aromatic heterocycles. The van der Waals surface area contributed by atoms with E-state index in [-0.39, 0.29) is 11.4 Å². The van der Waals surface area contributed by atoms with Gasteiger partial charge in [0, 0.05) is 5.69 Å². The number of hydrogen-bond acceptors (Lipinski definition) is 4. The second-order valence-electron chi connectivity index (χ2n) is 6.85. The van der Waals surface area contributed by atoms with Gasteiger partial charge in [0.15, 0.2) is 5.76 Å². The monoisotopic (exact) mass is 389 g/mol. The molecule has 1 N–H and O–H groups in total. The maximum Gasteiger partial charge on any atom is 0.294 e. The van der Waals surface area contributed by atoms with Gasteiger partial charge in [0.1, 0.15) is 0 Å². The number of aliphatic hydroxyl groups excluding tert-OH is 1. The van der Waals surface area contributed by atoms with Gasteiger partial charge >= 0.3 is 0 Å². The second-order valence-corrected chi connectivity index (χ2v) is 7.79. The molecule has 140 valence electrons. The molecule has 1 atom stereocenters. The van der Waals surface area contributed by atoms with Gasteiger partial charge in [0.05, 0.1) is 16.5 Å². The minimum atomic E-state index is -0.678. The van der Waals surface area contributed by atoms with Crippen molar-refractivity contribution in [2.75, 3.05) is 4.90 Å². The third-order valence-corrected chi connectivity index (χ3v) is 5.80. The highest BCUT2D eigenvalue weighted by Crippen LogP contribution is 2.43. The quantitative estimate of drug-likeness (QED) is 0.628. The molecule has 1 unspecified atom stereocenters. The molecule has 4 nitrogen and oxygen atoms in total. The van der Waals surface area contributed by atoms with Gasteiger partial charge in [0.2, 0.25) is 5.78 Å². The number of Topliss-reactive ketones (excluding diaryl/α,β-unsaturated/α-hetero) is 1. The van der Waals surface area contributed by atoms with Crippen molar-refractivity contribution in [2.45, 2.75) is 19.9 Å². The maximum atomic E-state index is 13.2. The van der Waals surface area contributed by atoms with Crippen molar-refractivity contribution in [1.29, 1.82) is 0 Å². The molecule has 0 bridgehead atoms. The lowest BCUT2D eigenvalue weighted by Gasteiger charge is -2.28. The smallest absolute Gasteiger partial charge is 0.294 e. The Bertz CT molecular complexity index is 1100. The first-order valence-electron chi connectivity index (χ1n) is 8.96. The van der Waals surface area contributed by atoms with Crippen LogP contribution in [0.2, 0.25) is 0 Å². The minimum Gasteiger partial charge on any atom is -0.503 e. The van der Waals surface area contributed by atoms with Gasteiger partial charge in [-0.15, -0.1) is 11.3 Å². The first-order chi connectivity index (χ1) is 13.5. The van der Waals surface area contributed by atoms with E-state index < -0.39 is 17.7 Å². The lowest BCUT2D eigenvalue weighted by molar-refractivity contribution is -0.117. The molecule has 2 heterocycles. The van der Waals surface area contributed by atoms with Gasteiger partial charge < -0.3 is 5.11 Å². The fourth-order valence-electron chi connectivity index (χ4n) is 3.62. The van der Waals surface area contributed by atoms with Crippen LogP contribution in [-0.2, 0) is 4.79 Å². The molecule has 1 aliphatic heterocycles. The number of aryl methyl sites for hydroxylation is 2. The van der Waals surface area contributed by atoms with Gasteiger partial charge in [-0.3, -0.25) is 14.5 Å². The summed E-state index contributed by atoms with van der Waals surface area (Å²) >= 11 is 1.30. The van der Waals surface area contributed by atoms with Crippen molar-refractivity contribution in [3.8, 4) is 0 Å². The molecule has 4 rings (SSSR count). The van der Waals surface area contributed by atoms with E-state index in [0.29, 0.717) is 10.6 Å². The summed E-state index contributed by atoms with van der Waals surface area (Å²) in [5.41, 5.74) is 3.51. The normalized spacial score (nSPS) is 16.7. The summed E-state index contributed by atoms with van der Waals surface area (Å²) in [5, 5.41) is 12.5. The Kier molecular flexibility index (Phi) is 4.61. The number of amides is 1. The Morgan fingerprint density at radius 3 is 2.50 bits per heavy atom. The maximum absolute atomic E-state index is 13.2. The predicted octanol–water partition coefficient (Wildman–Crippen LogP) is 5.15. The van der Waals surface area contributed by atoms with Crippen LogP contribution in [0.5, 0.6) is 0 Å². The number of aliphatic hydroxyl groups is 1. The van der Waals surface area contributed by atoms with Gasteiger partial charge in [-0.1, -0.05) is 54.1 Å². The van der Waals surface area contributed by atoms with Gasteiger partial charge in [-0.05, 0) is 42.5 Å². The average molecular weight is 389 g/mol. The summed E-state index contributed by atoms with van der Waals surface area (Å²) in [7, 11) is 0.